The first-order valence-electron chi connectivity index (χ1n) is 6.31. The molecule has 2 rings (SSSR count). The Hall–Kier alpha value is -2.61. The maximum atomic E-state index is 12.1. The first-order valence-corrected chi connectivity index (χ1v) is 7.96. The van der Waals surface area contributed by atoms with Crippen LogP contribution in [0.25, 0.3) is 0 Å². The van der Waals surface area contributed by atoms with Crippen LogP contribution < -0.4 is 4.72 Å². The Morgan fingerprint density at radius 3 is 2.55 bits per heavy atom. The quantitative estimate of drug-likeness (QED) is 0.649. The van der Waals surface area contributed by atoms with E-state index in [0.29, 0.717) is 5.56 Å². The van der Waals surface area contributed by atoms with Crippen LogP contribution in [0.2, 0.25) is 0 Å². The van der Waals surface area contributed by atoms with Crippen molar-refractivity contribution < 1.29 is 18.4 Å². The zero-order valence-electron chi connectivity index (χ0n) is 11.7. The van der Waals surface area contributed by atoms with Gasteiger partial charge in [-0.05, 0) is 18.6 Å². The van der Waals surface area contributed by atoms with E-state index in [9.17, 15) is 23.6 Å². The summed E-state index contributed by atoms with van der Waals surface area (Å²) in [7, 11) is -3.84. The van der Waals surface area contributed by atoms with Crippen LogP contribution in [0.5, 0.6) is 5.75 Å². The summed E-state index contributed by atoms with van der Waals surface area (Å²) in [6.45, 7) is 1.68. The highest BCUT2D eigenvalue weighted by atomic mass is 32.2. The van der Waals surface area contributed by atoms with Crippen LogP contribution in [0.3, 0.4) is 0 Å². The highest BCUT2D eigenvalue weighted by Crippen LogP contribution is 2.24. The molecule has 0 amide bonds. The molecular weight excluding hydrogens is 308 g/mol. The zero-order chi connectivity index (χ0) is 16.3. The third kappa shape index (κ3) is 3.73. The minimum Gasteiger partial charge on any atom is -0.508 e. The van der Waals surface area contributed by atoms with E-state index < -0.39 is 20.7 Å². The second kappa shape index (κ2) is 6.02. The minimum absolute atomic E-state index is 0.0362. The van der Waals surface area contributed by atoms with Crippen LogP contribution in [0.15, 0.2) is 42.5 Å². The van der Waals surface area contributed by atoms with E-state index in [-0.39, 0.29) is 22.7 Å². The molecule has 0 fully saturated rings. The van der Waals surface area contributed by atoms with Gasteiger partial charge in [-0.1, -0.05) is 24.3 Å². The minimum atomic E-state index is -3.84. The fourth-order valence-corrected chi connectivity index (χ4v) is 3.12. The highest BCUT2D eigenvalue weighted by molar-refractivity contribution is 7.91. The van der Waals surface area contributed by atoms with Crippen molar-refractivity contribution in [3.63, 3.8) is 0 Å². The summed E-state index contributed by atoms with van der Waals surface area (Å²) in [6, 6.07) is 10.0. The van der Waals surface area contributed by atoms with E-state index in [0.717, 1.165) is 0 Å². The third-order valence-corrected chi connectivity index (χ3v) is 4.25. The van der Waals surface area contributed by atoms with Gasteiger partial charge >= 0.3 is 0 Å². The number of aryl methyl sites for hydroxylation is 1. The number of aromatic hydroxyl groups is 1. The fourth-order valence-electron chi connectivity index (χ4n) is 1.90. The molecule has 0 unspecified atom stereocenters. The number of phenols is 1. The monoisotopic (exact) mass is 322 g/mol. The van der Waals surface area contributed by atoms with Crippen LogP contribution in [-0.2, 0) is 15.8 Å². The van der Waals surface area contributed by atoms with Gasteiger partial charge in [-0.3, -0.25) is 14.8 Å². The Balaban J connectivity index is 2.25. The Morgan fingerprint density at radius 2 is 1.91 bits per heavy atom. The van der Waals surface area contributed by atoms with E-state index >= 15 is 0 Å². The maximum absolute atomic E-state index is 12.1. The molecule has 0 heterocycles. The molecule has 0 aliphatic heterocycles. The average Bonchev–Trinajstić information content (AvgIpc) is 2.42. The Morgan fingerprint density at radius 1 is 1.23 bits per heavy atom. The first-order chi connectivity index (χ1) is 10.3. The number of para-hydroxylation sites is 1. The van der Waals surface area contributed by atoms with E-state index in [1.807, 2.05) is 0 Å². The van der Waals surface area contributed by atoms with Crippen molar-refractivity contribution in [3.8, 4) is 5.75 Å². The SMILES string of the molecule is Cc1ccc(NS(=O)(=O)Cc2ccccc2[N+](=O)[O-])cc1O. The zero-order valence-corrected chi connectivity index (χ0v) is 12.5. The highest BCUT2D eigenvalue weighted by Gasteiger charge is 2.20. The third-order valence-electron chi connectivity index (χ3n) is 3.02. The number of nitro benzene ring substituents is 1. The maximum Gasteiger partial charge on any atom is 0.273 e. The van der Waals surface area contributed by atoms with Crippen molar-refractivity contribution in [2.45, 2.75) is 12.7 Å². The summed E-state index contributed by atoms with van der Waals surface area (Å²) >= 11 is 0. The van der Waals surface area contributed by atoms with Crippen LogP contribution in [0.4, 0.5) is 11.4 Å². The second-order valence-corrected chi connectivity index (χ2v) is 6.47. The van der Waals surface area contributed by atoms with Crippen LogP contribution in [0.1, 0.15) is 11.1 Å². The smallest absolute Gasteiger partial charge is 0.273 e. The van der Waals surface area contributed by atoms with E-state index in [1.54, 1.807) is 13.0 Å². The van der Waals surface area contributed by atoms with Crippen LogP contribution in [-0.4, -0.2) is 18.4 Å². The molecule has 2 aromatic rings. The van der Waals surface area contributed by atoms with E-state index in [4.69, 9.17) is 0 Å². The molecule has 0 bridgehead atoms. The lowest BCUT2D eigenvalue weighted by molar-refractivity contribution is -0.385. The van der Waals surface area contributed by atoms with Crippen molar-refractivity contribution in [2.24, 2.45) is 0 Å². The molecule has 7 nitrogen and oxygen atoms in total. The number of phenolic OH excluding ortho intramolecular Hbond substituents is 1. The number of benzene rings is 2. The number of rotatable bonds is 5. The van der Waals surface area contributed by atoms with Gasteiger partial charge in [-0.25, -0.2) is 8.42 Å². The summed E-state index contributed by atoms with van der Waals surface area (Å²) in [5, 5.41) is 20.5. The van der Waals surface area contributed by atoms with Crippen molar-refractivity contribution in [3.05, 3.63) is 63.7 Å². The molecule has 0 radical (unpaired) electrons. The molecule has 0 spiro atoms. The van der Waals surface area contributed by atoms with Gasteiger partial charge in [0, 0.05) is 17.7 Å². The molecule has 116 valence electrons. The van der Waals surface area contributed by atoms with Crippen LogP contribution >= 0.6 is 0 Å². The topological polar surface area (TPSA) is 110 Å². The number of nitrogens with one attached hydrogen (secondary N) is 1. The van der Waals surface area contributed by atoms with Gasteiger partial charge in [-0.15, -0.1) is 0 Å². The number of hydrogen-bond acceptors (Lipinski definition) is 5. The number of hydrogen-bond donors (Lipinski definition) is 2. The summed E-state index contributed by atoms with van der Waals surface area (Å²) in [5.74, 6) is -0.565. The van der Waals surface area contributed by atoms with Gasteiger partial charge in [0.2, 0.25) is 10.0 Å². The van der Waals surface area contributed by atoms with Gasteiger partial charge in [0.15, 0.2) is 0 Å². The second-order valence-electron chi connectivity index (χ2n) is 4.75. The van der Waals surface area contributed by atoms with E-state index in [2.05, 4.69) is 4.72 Å². The summed E-state index contributed by atoms with van der Waals surface area (Å²) < 4.78 is 26.5. The van der Waals surface area contributed by atoms with Gasteiger partial charge in [0.1, 0.15) is 11.5 Å². The summed E-state index contributed by atoms with van der Waals surface area (Å²) in [6.07, 6.45) is 0. The number of nitro groups is 1. The lowest BCUT2D eigenvalue weighted by Gasteiger charge is -2.09. The average molecular weight is 322 g/mol. The molecular formula is C14H14N2O5S. The molecule has 0 aromatic heterocycles. The lowest BCUT2D eigenvalue weighted by Crippen LogP contribution is -2.15. The van der Waals surface area contributed by atoms with Gasteiger partial charge in [0.05, 0.1) is 10.6 Å². The van der Waals surface area contributed by atoms with E-state index in [1.165, 1.54) is 36.4 Å². The number of sulfonamides is 1. The molecule has 2 N–H and O–H groups in total. The number of nitrogens with zero attached hydrogens (tertiary/aromatic N) is 1. The molecule has 0 saturated heterocycles. The molecule has 0 atom stereocenters. The molecule has 8 heteroatoms. The lowest BCUT2D eigenvalue weighted by atomic mass is 10.2. The molecule has 2 aromatic carbocycles. The molecule has 0 aliphatic carbocycles. The summed E-state index contributed by atoms with van der Waals surface area (Å²) in [4.78, 5) is 10.3. The van der Waals surface area contributed by atoms with Crippen molar-refractivity contribution >= 4 is 21.4 Å². The Kier molecular flexibility index (Phi) is 4.32. The fraction of sp³-hybridized carbons (Fsp3) is 0.143. The van der Waals surface area contributed by atoms with Crippen molar-refractivity contribution in [2.75, 3.05) is 4.72 Å². The largest absolute Gasteiger partial charge is 0.508 e. The Labute approximate surface area is 127 Å². The van der Waals surface area contributed by atoms with Crippen molar-refractivity contribution in [1.29, 1.82) is 0 Å². The van der Waals surface area contributed by atoms with Crippen molar-refractivity contribution in [1.82, 2.24) is 0 Å². The Bertz CT molecular complexity index is 818. The summed E-state index contributed by atoms with van der Waals surface area (Å²) in [5.41, 5.74) is 0.652. The molecule has 0 aliphatic rings. The molecule has 0 saturated carbocycles. The predicted molar refractivity (Wildman–Crippen MR) is 82.2 cm³/mol. The predicted octanol–water partition coefficient (Wildman–Crippen LogP) is 2.55. The van der Waals surface area contributed by atoms with Gasteiger partial charge < -0.3 is 5.11 Å². The first kappa shape index (κ1) is 15.8. The van der Waals surface area contributed by atoms with Gasteiger partial charge in [0.25, 0.3) is 5.69 Å². The number of anilines is 1. The normalized spacial score (nSPS) is 11.1. The van der Waals surface area contributed by atoms with Crippen LogP contribution in [0, 0.1) is 17.0 Å². The molecule has 22 heavy (non-hydrogen) atoms. The van der Waals surface area contributed by atoms with Gasteiger partial charge in [-0.2, -0.15) is 0 Å². The standard InChI is InChI=1S/C14H14N2O5S/c1-10-6-7-12(8-14(10)17)15-22(20,21)9-11-4-2-3-5-13(11)16(18)19/h2-8,15,17H,9H2,1H3.